The first-order valence-electron chi connectivity index (χ1n) is 5.64. The highest BCUT2D eigenvalue weighted by Crippen LogP contribution is 2.39. The largest absolute Gasteiger partial charge is 0.355 e. The molecular weight excluding hydrogens is 176 g/mol. The van der Waals surface area contributed by atoms with Gasteiger partial charge >= 0.3 is 0 Å². The third kappa shape index (κ3) is 2.98. The van der Waals surface area contributed by atoms with E-state index in [0.717, 1.165) is 19.5 Å². The van der Waals surface area contributed by atoms with E-state index in [4.69, 9.17) is 0 Å². The Kier molecular flexibility index (Phi) is 4.39. The van der Waals surface area contributed by atoms with Crippen LogP contribution in [-0.4, -0.2) is 26.0 Å². The highest BCUT2D eigenvalue weighted by molar-refractivity contribution is 5.75. The first-order chi connectivity index (χ1) is 6.72. The van der Waals surface area contributed by atoms with Crippen LogP contribution in [0.15, 0.2) is 0 Å². The lowest BCUT2D eigenvalue weighted by molar-refractivity contribution is -0.122. The molecule has 1 rings (SSSR count). The SMILES string of the molecule is CCCC(=O)NCC1(CNC)CCC1. The second-order valence-electron chi connectivity index (χ2n) is 4.41. The molecule has 1 saturated carbocycles. The molecule has 0 radical (unpaired) electrons. The van der Waals surface area contributed by atoms with Crippen molar-refractivity contribution in [2.45, 2.75) is 39.0 Å². The summed E-state index contributed by atoms with van der Waals surface area (Å²) in [5.74, 6) is 0.204. The molecule has 0 bridgehead atoms. The predicted molar refractivity (Wildman–Crippen MR) is 58.1 cm³/mol. The molecule has 0 unspecified atom stereocenters. The normalized spacial score (nSPS) is 18.7. The Morgan fingerprint density at radius 1 is 1.36 bits per heavy atom. The van der Waals surface area contributed by atoms with Crippen LogP contribution in [0.25, 0.3) is 0 Å². The van der Waals surface area contributed by atoms with Gasteiger partial charge in [0, 0.05) is 24.9 Å². The van der Waals surface area contributed by atoms with E-state index in [-0.39, 0.29) is 5.91 Å². The van der Waals surface area contributed by atoms with Crippen molar-refractivity contribution in [2.24, 2.45) is 5.41 Å². The second kappa shape index (κ2) is 5.35. The zero-order valence-corrected chi connectivity index (χ0v) is 9.36. The van der Waals surface area contributed by atoms with E-state index in [2.05, 4.69) is 10.6 Å². The van der Waals surface area contributed by atoms with Crippen LogP contribution in [0.2, 0.25) is 0 Å². The maximum absolute atomic E-state index is 11.3. The highest BCUT2D eigenvalue weighted by atomic mass is 16.1. The van der Waals surface area contributed by atoms with Gasteiger partial charge in [-0.2, -0.15) is 0 Å². The maximum Gasteiger partial charge on any atom is 0.220 e. The Labute approximate surface area is 86.6 Å². The molecule has 1 fully saturated rings. The lowest BCUT2D eigenvalue weighted by atomic mass is 9.68. The van der Waals surface area contributed by atoms with Crippen LogP contribution in [0.3, 0.4) is 0 Å². The molecule has 1 amide bonds. The number of carbonyl (C=O) groups excluding carboxylic acids is 1. The molecule has 1 aliphatic carbocycles. The van der Waals surface area contributed by atoms with Gasteiger partial charge in [-0.1, -0.05) is 13.3 Å². The number of carbonyl (C=O) groups is 1. The van der Waals surface area contributed by atoms with Crippen molar-refractivity contribution in [3.05, 3.63) is 0 Å². The van der Waals surface area contributed by atoms with E-state index in [1.807, 2.05) is 14.0 Å². The van der Waals surface area contributed by atoms with Gasteiger partial charge in [-0.3, -0.25) is 4.79 Å². The summed E-state index contributed by atoms with van der Waals surface area (Å²) in [5, 5.41) is 6.25. The van der Waals surface area contributed by atoms with E-state index >= 15 is 0 Å². The van der Waals surface area contributed by atoms with Gasteiger partial charge in [0.2, 0.25) is 5.91 Å². The van der Waals surface area contributed by atoms with E-state index in [9.17, 15) is 4.79 Å². The van der Waals surface area contributed by atoms with Crippen LogP contribution in [0.1, 0.15) is 39.0 Å². The van der Waals surface area contributed by atoms with Crippen LogP contribution >= 0.6 is 0 Å². The van der Waals surface area contributed by atoms with E-state index in [1.165, 1.54) is 19.3 Å². The molecule has 14 heavy (non-hydrogen) atoms. The summed E-state index contributed by atoms with van der Waals surface area (Å²) in [6, 6.07) is 0. The molecule has 2 N–H and O–H groups in total. The topological polar surface area (TPSA) is 41.1 Å². The summed E-state index contributed by atoms with van der Waals surface area (Å²) in [6.45, 7) is 3.92. The van der Waals surface area contributed by atoms with Gasteiger partial charge in [0.1, 0.15) is 0 Å². The first kappa shape index (κ1) is 11.5. The lowest BCUT2D eigenvalue weighted by Crippen LogP contribution is -2.47. The maximum atomic E-state index is 11.3. The van der Waals surface area contributed by atoms with E-state index < -0.39 is 0 Å². The molecule has 0 spiro atoms. The average Bonchev–Trinajstić information content (AvgIpc) is 2.10. The zero-order valence-electron chi connectivity index (χ0n) is 9.36. The fourth-order valence-electron chi connectivity index (χ4n) is 2.07. The van der Waals surface area contributed by atoms with Crippen LogP contribution in [0, 0.1) is 5.41 Å². The Balaban J connectivity index is 2.23. The van der Waals surface area contributed by atoms with Crippen LogP contribution in [0.5, 0.6) is 0 Å². The monoisotopic (exact) mass is 198 g/mol. The molecule has 0 aromatic rings. The smallest absolute Gasteiger partial charge is 0.220 e. The van der Waals surface area contributed by atoms with Crippen molar-refractivity contribution >= 4 is 5.91 Å². The van der Waals surface area contributed by atoms with Crippen molar-refractivity contribution in [3.63, 3.8) is 0 Å². The third-order valence-corrected chi connectivity index (χ3v) is 3.10. The number of hydrogen-bond acceptors (Lipinski definition) is 2. The standard InChI is InChI=1S/C11H22N2O/c1-3-5-10(14)13-9-11(8-12-2)6-4-7-11/h12H,3-9H2,1-2H3,(H,13,14). The number of nitrogens with one attached hydrogen (secondary N) is 2. The van der Waals surface area contributed by atoms with E-state index in [0.29, 0.717) is 11.8 Å². The molecule has 3 heteroatoms. The van der Waals surface area contributed by atoms with Crippen LogP contribution in [0.4, 0.5) is 0 Å². The average molecular weight is 198 g/mol. The minimum atomic E-state index is 0.204. The molecule has 0 aromatic carbocycles. The summed E-state index contributed by atoms with van der Waals surface area (Å²) in [4.78, 5) is 11.3. The van der Waals surface area contributed by atoms with Crippen molar-refractivity contribution in [2.75, 3.05) is 20.1 Å². The van der Waals surface area contributed by atoms with Crippen molar-refractivity contribution in [3.8, 4) is 0 Å². The van der Waals surface area contributed by atoms with Crippen LogP contribution < -0.4 is 10.6 Å². The van der Waals surface area contributed by atoms with Gasteiger partial charge in [0.15, 0.2) is 0 Å². The zero-order chi connectivity index (χ0) is 10.4. The molecule has 82 valence electrons. The Hall–Kier alpha value is -0.570. The fourth-order valence-corrected chi connectivity index (χ4v) is 2.07. The second-order valence-corrected chi connectivity index (χ2v) is 4.41. The van der Waals surface area contributed by atoms with Gasteiger partial charge in [-0.25, -0.2) is 0 Å². The molecular formula is C11H22N2O. The number of rotatable bonds is 6. The number of hydrogen-bond donors (Lipinski definition) is 2. The fraction of sp³-hybridized carbons (Fsp3) is 0.909. The summed E-state index contributed by atoms with van der Waals surface area (Å²) in [7, 11) is 1.98. The molecule has 0 aromatic heterocycles. The third-order valence-electron chi connectivity index (χ3n) is 3.10. The van der Waals surface area contributed by atoms with Gasteiger partial charge in [0.25, 0.3) is 0 Å². The molecule has 3 nitrogen and oxygen atoms in total. The Bertz CT molecular complexity index is 188. The van der Waals surface area contributed by atoms with Crippen molar-refractivity contribution in [1.82, 2.24) is 10.6 Å². The Morgan fingerprint density at radius 3 is 2.50 bits per heavy atom. The minimum absolute atomic E-state index is 0.204. The first-order valence-corrected chi connectivity index (χ1v) is 5.64. The van der Waals surface area contributed by atoms with Crippen molar-refractivity contribution < 1.29 is 4.79 Å². The molecule has 0 aliphatic heterocycles. The van der Waals surface area contributed by atoms with Crippen molar-refractivity contribution in [1.29, 1.82) is 0 Å². The molecule has 1 aliphatic rings. The number of amides is 1. The lowest BCUT2D eigenvalue weighted by Gasteiger charge is -2.42. The quantitative estimate of drug-likeness (QED) is 0.675. The van der Waals surface area contributed by atoms with Gasteiger partial charge in [-0.15, -0.1) is 0 Å². The minimum Gasteiger partial charge on any atom is -0.355 e. The van der Waals surface area contributed by atoms with Gasteiger partial charge < -0.3 is 10.6 Å². The molecule has 0 heterocycles. The summed E-state index contributed by atoms with van der Waals surface area (Å²) < 4.78 is 0. The summed E-state index contributed by atoms with van der Waals surface area (Å²) >= 11 is 0. The van der Waals surface area contributed by atoms with Gasteiger partial charge in [0.05, 0.1) is 0 Å². The predicted octanol–water partition coefficient (Wildman–Crippen LogP) is 1.29. The van der Waals surface area contributed by atoms with E-state index in [1.54, 1.807) is 0 Å². The highest BCUT2D eigenvalue weighted by Gasteiger charge is 2.36. The Morgan fingerprint density at radius 2 is 2.07 bits per heavy atom. The molecule has 0 atom stereocenters. The van der Waals surface area contributed by atoms with Gasteiger partial charge in [-0.05, 0) is 26.3 Å². The summed E-state index contributed by atoms with van der Waals surface area (Å²) in [5.41, 5.74) is 0.359. The molecule has 0 saturated heterocycles. The van der Waals surface area contributed by atoms with Crippen LogP contribution in [-0.2, 0) is 4.79 Å². The summed E-state index contributed by atoms with van der Waals surface area (Å²) in [6.07, 6.45) is 5.41.